The Morgan fingerprint density at radius 2 is 1.69 bits per heavy atom. The van der Waals surface area contributed by atoms with Gasteiger partial charge in [0.05, 0.1) is 17.9 Å². The quantitative estimate of drug-likeness (QED) is 0.351. The Bertz CT molecular complexity index is 1270. The maximum atomic E-state index is 12.4. The highest BCUT2D eigenvalue weighted by atomic mass is 35.5. The molecule has 0 aliphatic carbocycles. The average Bonchev–Trinajstić information content (AvgIpc) is 2.84. The van der Waals surface area contributed by atoms with Gasteiger partial charge in [0, 0.05) is 22.5 Å². The molecule has 0 unspecified atom stereocenters. The average molecular weight is 498 g/mol. The van der Waals surface area contributed by atoms with Gasteiger partial charge in [-0.1, -0.05) is 24.9 Å². The number of hydrogen-bond donors (Lipinski definition) is 1. The van der Waals surface area contributed by atoms with Crippen LogP contribution in [0.1, 0.15) is 46.3 Å². The fraction of sp³-hybridized carbons (Fsp3) is 0.240. The zero-order valence-corrected chi connectivity index (χ0v) is 20.0. The molecular formula is C25H24ClN3O6. The van der Waals surface area contributed by atoms with E-state index in [0.29, 0.717) is 34.3 Å². The third-order valence-corrected chi connectivity index (χ3v) is 5.09. The van der Waals surface area contributed by atoms with E-state index >= 15 is 0 Å². The minimum Gasteiger partial charge on any atom is -0.462 e. The molecular weight excluding hydrogens is 474 g/mol. The molecule has 0 saturated carbocycles. The van der Waals surface area contributed by atoms with Crippen molar-refractivity contribution in [1.29, 1.82) is 0 Å². The number of aromatic nitrogens is 2. The second-order valence-corrected chi connectivity index (χ2v) is 8.01. The van der Waals surface area contributed by atoms with Gasteiger partial charge >= 0.3 is 11.9 Å². The van der Waals surface area contributed by atoms with Crippen LogP contribution in [0.15, 0.2) is 59.4 Å². The van der Waals surface area contributed by atoms with Crippen molar-refractivity contribution in [3.05, 3.63) is 86.8 Å². The van der Waals surface area contributed by atoms with E-state index in [-0.39, 0.29) is 0 Å². The van der Waals surface area contributed by atoms with Crippen LogP contribution in [0.4, 0.5) is 5.69 Å². The molecule has 1 amide bonds. The van der Waals surface area contributed by atoms with Crippen molar-refractivity contribution >= 4 is 35.1 Å². The predicted octanol–water partition coefficient (Wildman–Crippen LogP) is 3.95. The number of esters is 2. The lowest BCUT2D eigenvalue weighted by molar-refractivity contribution is -0.119. The molecule has 0 fully saturated rings. The molecule has 3 aromatic rings. The molecule has 1 heterocycles. The summed E-state index contributed by atoms with van der Waals surface area (Å²) in [6, 6.07) is 14.0. The van der Waals surface area contributed by atoms with Crippen LogP contribution in [0.2, 0.25) is 5.02 Å². The number of amides is 1. The molecule has 0 bridgehead atoms. The first kappa shape index (κ1) is 25.6. The van der Waals surface area contributed by atoms with Crippen LogP contribution in [0.5, 0.6) is 0 Å². The number of rotatable bonds is 9. The van der Waals surface area contributed by atoms with Crippen molar-refractivity contribution < 1.29 is 23.9 Å². The van der Waals surface area contributed by atoms with Gasteiger partial charge in [-0.2, -0.15) is 5.10 Å². The number of unbranched alkanes of at least 4 members (excludes halogenated alkanes) is 1. The maximum Gasteiger partial charge on any atom is 0.363 e. The van der Waals surface area contributed by atoms with E-state index in [0.717, 1.165) is 12.8 Å². The van der Waals surface area contributed by atoms with Gasteiger partial charge in [0.25, 0.3) is 5.91 Å². The SMILES string of the molecule is CCCCOC(=O)c1ccc(NC(=O)COC(=O)c2nn(-c3ccc(Cl)cc3)c(C)cc2=O)cc1. The number of ether oxygens (including phenoxy) is 2. The number of halogens is 1. The van der Waals surface area contributed by atoms with Crippen LogP contribution in [-0.4, -0.2) is 40.8 Å². The lowest BCUT2D eigenvalue weighted by Gasteiger charge is -2.11. The molecule has 10 heteroatoms. The Hall–Kier alpha value is -3.98. The predicted molar refractivity (Wildman–Crippen MR) is 130 cm³/mol. The summed E-state index contributed by atoms with van der Waals surface area (Å²) in [6.07, 6.45) is 1.70. The van der Waals surface area contributed by atoms with Gasteiger partial charge in [0.1, 0.15) is 0 Å². The normalized spacial score (nSPS) is 10.5. The second-order valence-electron chi connectivity index (χ2n) is 7.58. The molecule has 0 aliphatic heterocycles. The topological polar surface area (TPSA) is 117 Å². The van der Waals surface area contributed by atoms with E-state index in [9.17, 15) is 19.2 Å². The third kappa shape index (κ3) is 7.00. The zero-order chi connectivity index (χ0) is 25.4. The van der Waals surface area contributed by atoms with Crippen LogP contribution in [-0.2, 0) is 14.3 Å². The van der Waals surface area contributed by atoms with Gasteiger partial charge < -0.3 is 14.8 Å². The minimum atomic E-state index is -1.03. The Labute approximate surface area is 206 Å². The van der Waals surface area contributed by atoms with Crippen molar-refractivity contribution in [2.45, 2.75) is 26.7 Å². The number of benzene rings is 2. The first-order valence-corrected chi connectivity index (χ1v) is 11.3. The first-order valence-electron chi connectivity index (χ1n) is 10.9. The van der Waals surface area contributed by atoms with Crippen molar-refractivity contribution in [2.24, 2.45) is 0 Å². The van der Waals surface area contributed by atoms with E-state index in [1.165, 1.54) is 35.0 Å². The molecule has 0 saturated heterocycles. The fourth-order valence-corrected chi connectivity index (χ4v) is 3.14. The number of aryl methyl sites for hydroxylation is 1. The molecule has 1 N–H and O–H groups in total. The van der Waals surface area contributed by atoms with Crippen LogP contribution < -0.4 is 10.7 Å². The molecule has 3 rings (SSSR count). The molecule has 0 spiro atoms. The van der Waals surface area contributed by atoms with E-state index in [1.54, 1.807) is 31.2 Å². The van der Waals surface area contributed by atoms with Crippen LogP contribution in [0.25, 0.3) is 5.69 Å². The van der Waals surface area contributed by atoms with E-state index in [1.807, 2.05) is 6.92 Å². The Morgan fingerprint density at radius 1 is 1.00 bits per heavy atom. The summed E-state index contributed by atoms with van der Waals surface area (Å²) < 4.78 is 11.5. The summed E-state index contributed by atoms with van der Waals surface area (Å²) in [5.74, 6) is -2.10. The fourth-order valence-electron chi connectivity index (χ4n) is 3.01. The lowest BCUT2D eigenvalue weighted by atomic mass is 10.2. The minimum absolute atomic E-state index is 0.347. The number of anilines is 1. The molecule has 0 radical (unpaired) electrons. The van der Waals surface area contributed by atoms with Crippen LogP contribution >= 0.6 is 11.6 Å². The van der Waals surface area contributed by atoms with Gasteiger partial charge in [-0.05, 0) is 61.9 Å². The molecule has 0 aliphatic rings. The van der Waals surface area contributed by atoms with Gasteiger partial charge in [-0.25, -0.2) is 14.3 Å². The number of hydrogen-bond acceptors (Lipinski definition) is 7. The Balaban J connectivity index is 1.60. The first-order chi connectivity index (χ1) is 16.8. The number of carbonyl (C=O) groups is 3. The summed E-state index contributed by atoms with van der Waals surface area (Å²) in [5, 5.41) is 7.17. The number of nitrogens with one attached hydrogen (secondary N) is 1. The summed E-state index contributed by atoms with van der Waals surface area (Å²) in [4.78, 5) is 48.9. The van der Waals surface area contributed by atoms with E-state index < -0.39 is 35.6 Å². The highest BCUT2D eigenvalue weighted by molar-refractivity contribution is 6.30. The molecule has 0 atom stereocenters. The van der Waals surface area contributed by atoms with Crippen LogP contribution in [0, 0.1) is 6.92 Å². The van der Waals surface area contributed by atoms with E-state index in [4.69, 9.17) is 21.1 Å². The van der Waals surface area contributed by atoms with Crippen molar-refractivity contribution in [3.8, 4) is 5.69 Å². The monoisotopic (exact) mass is 497 g/mol. The maximum absolute atomic E-state index is 12.4. The van der Waals surface area contributed by atoms with E-state index in [2.05, 4.69) is 10.4 Å². The molecule has 2 aromatic carbocycles. The lowest BCUT2D eigenvalue weighted by Crippen LogP contribution is -2.27. The number of carbonyl (C=O) groups excluding carboxylic acids is 3. The summed E-state index contributed by atoms with van der Waals surface area (Å²) in [6.45, 7) is 3.38. The summed E-state index contributed by atoms with van der Waals surface area (Å²) in [7, 11) is 0. The molecule has 35 heavy (non-hydrogen) atoms. The largest absolute Gasteiger partial charge is 0.462 e. The molecule has 1 aromatic heterocycles. The van der Waals surface area contributed by atoms with Crippen LogP contribution in [0.3, 0.4) is 0 Å². The Morgan fingerprint density at radius 3 is 2.34 bits per heavy atom. The smallest absolute Gasteiger partial charge is 0.363 e. The molecule has 182 valence electrons. The molecule has 9 nitrogen and oxygen atoms in total. The standard InChI is InChI=1S/C25H24ClN3O6/c1-3-4-13-34-24(32)17-5-9-19(10-6-17)27-22(31)15-35-25(33)23-21(30)14-16(2)29(28-23)20-11-7-18(26)8-12-20/h5-12,14H,3-4,13,15H2,1-2H3,(H,27,31). The summed E-state index contributed by atoms with van der Waals surface area (Å²) in [5.41, 5.74) is 0.771. The van der Waals surface area contributed by atoms with Gasteiger partial charge in [-0.15, -0.1) is 0 Å². The van der Waals surface area contributed by atoms with Gasteiger partial charge in [0.15, 0.2) is 6.61 Å². The van der Waals surface area contributed by atoms with Crippen molar-refractivity contribution in [1.82, 2.24) is 9.78 Å². The van der Waals surface area contributed by atoms with Crippen molar-refractivity contribution in [2.75, 3.05) is 18.5 Å². The zero-order valence-electron chi connectivity index (χ0n) is 19.2. The van der Waals surface area contributed by atoms with Gasteiger partial charge in [-0.3, -0.25) is 9.59 Å². The highest BCUT2D eigenvalue weighted by Gasteiger charge is 2.18. The highest BCUT2D eigenvalue weighted by Crippen LogP contribution is 2.14. The summed E-state index contributed by atoms with van der Waals surface area (Å²) >= 11 is 5.91. The van der Waals surface area contributed by atoms with Crippen molar-refractivity contribution in [3.63, 3.8) is 0 Å². The second kappa shape index (κ2) is 11.9. The number of nitrogens with zero attached hydrogens (tertiary/aromatic N) is 2. The third-order valence-electron chi connectivity index (χ3n) is 4.84. The Kier molecular flexibility index (Phi) is 8.74. The van der Waals surface area contributed by atoms with Gasteiger partial charge in [0.2, 0.25) is 11.1 Å².